The molecule has 5 heteroatoms. The summed E-state index contributed by atoms with van der Waals surface area (Å²) in [4.78, 5) is 10.4. The average Bonchev–Trinajstić information content (AvgIpc) is 2.48. The van der Waals surface area contributed by atoms with Gasteiger partial charge in [0.05, 0.1) is 6.10 Å². The molecule has 0 saturated carbocycles. The van der Waals surface area contributed by atoms with Crippen LogP contribution >= 0.6 is 0 Å². The molecule has 0 saturated heterocycles. The maximum atomic E-state index is 10.4. The lowest BCUT2D eigenvalue weighted by atomic mass is 9.98. The normalized spacial score (nSPS) is 13.2. The fourth-order valence-corrected chi connectivity index (χ4v) is 2.69. The zero-order valence-corrected chi connectivity index (χ0v) is 14.7. The monoisotopic (exact) mass is 332 g/mol. The highest BCUT2D eigenvalue weighted by Crippen LogP contribution is 2.21. The third kappa shape index (κ3) is 16.0. The molecule has 5 nitrogen and oxygen atoms in total. The Bertz CT molecular complexity index is 291. The average molecular weight is 332 g/mol. The summed E-state index contributed by atoms with van der Waals surface area (Å²) < 4.78 is 0. The Morgan fingerprint density at radius 1 is 0.870 bits per heavy atom. The lowest BCUT2D eigenvalue weighted by Crippen LogP contribution is -2.29. The number of hydrogen-bond donors (Lipinski definition) is 4. The molecule has 1 atom stereocenters. The van der Waals surface area contributed by atoms with E-state index in [0.717, 1.165) is 64.2 Å². The highest BCUT2D eigenvalue weighted by Gasteiger charge is 2.23. The Morgan fingerprint density at radius 2 is 1.48 bits per heavy atom. The minimum Gasteiger partial charge on any atom is -0.481 e. The van der Waals surface area contributed by atoms with Gasteiger partial charge in [0, 0.05) is 19.3 Å². The van der Waals surface area contributed by atoms with Crippen molar-refractivity contribution < 1.29 is 25.2 Å². The first-order chi connectivity index (χ1) is 10.9. The van der Waals surface area contributed by atoms with Gasteiger partial charge in [-0.25, -0.2) is 0 Å². The number of aliphatic hydroxyl groups excluding tert-OH is 1. The highest BCUT2D eigenvalue weighted by atomic mass is 16.5. The second-order valence-electron chi connectivity index (χ2n) is 6.69. The molecule has 0 aromatic rings. The van der Waals surface area contributed by atoms with E-state index in [-0.39, 0.29) is 12.8 Å². The van der Waals surface area contributed by atoms with Crippen molar-refractivity contribution in [3.05, 3.63) is 0 Å². The van der Waals surface area contributed by atoms with Gasteiger partial charge in [0.1, 0.15) is 0 Å². The van der Waals surface area contributed by atoms with Gasteiger partial charge in [-0.3, -0.25) is 4.79 Å². The third-order valence-corrected chi connectivity index (χ3v) is 4.24. The van der Waals surface area contributed by atoms with Gasteiger partial charge in [0.15, 0.2) is 5.79 Å². The summed E-state index contributed by atoms with van der Waals surface area (Å²) in [6, 6.07) is 0. The smallest absolute Gasteiger partial charge is 0.303 e. The maximum absolute atomic E-state index is 10.4. The van der Waals surface area contributed by atoms with Crippen LogP contribution in [0.3, 0.4) is 0 Å². The first kappa shape index (κ1) is 22.4. The number of carboxylic acids is 1. The van der Waals surface area contributed by atoms with Crippen LogP contribution in [-0.2, 0) is 4.79 Å². The fourth-order valence-electron chi connectivity index (χ4n) is 2.69. The number of hydrogen-bond acceptors (Lipinski definition) is 4. The van der Waals surface area contributed by atoms with Gasteiger partial charge in [-0.2, -0.15) is 0 Å². The Labute approximate surface area is 140 Å². The molecule has 138 valence electrons. The lowest BCUT2D eigenvalue weighted by Gasteiger charge is -2.23. The number of carboxylic acid groups (broad SMARTS) is 1. The van der Waals surface area contributed by atoms with Crippen LogP contribution in [0.4, 0.5) is 0 Å². The van der Waals surface area contributed by atoms with E-state index in [1.807, 2.05) is 0 Å². The second kappa shape index (κ2) is 13.8. The van der Waals surface area contributed by atoms with Gasteiger partial charge in [-0.1, -0.05) is 51.9 Å². The SMILES string of the molecule is CCCCCC(O)CCC(O)(O)CCCCCCCCC(=O)O. The number of aliphatic hydroxyl groups is 3. The predicted octanol–water partition coefficient (Wildman–Crippen LogP) is 3.59. The maximum Gasteiger partial charge on any atom is 0.303 e. The molecule has 0 heterocycles. The molecule has 0 radical (unpaired) electrons. The molecule has 0 spiro atoms. The van der Waals surface area contributed by atoms with Gasteiger partial charge in [-0.15, -0.1) is 0 Å². The van der Waals surface area contributed by atoms with Gasteiger partial charge in [-0.05, 0) is 25.7 Å². The van der Waals surface area contributed by atoms with E-state index in [1.54, 1.807) is 0 Å². The molecule has 4 N–H and O–H groups in total. The Hall–Kier alpha value is -0.650. The Morgan fingerprint density at radius 3 is 2.09 bits per heavy atom. The minimum atomic E-state index is -1.67. The molecule has 0 rings (SSSR count). The van der Waals surface area contributed by atoms with Crippen LogP contribution in [0.5, 0.6) is 0 Å². The van der Waals surface area contributed by atoms with Crippen molar-refractivity contribution in [3.8, 4) is 0 Å². The molecule has 0 aliphatic heterocycles. The van der Waals surface area contributed by atoms with Gasteiger partial charge in [0.25, 0.3) is 0 Å². The molecular weight excluding hydrogens is 296 g/mol. The summed E-state index contributed by atoms with van der Waals surface area (Å²) in [6.45, 7) is 2.12. The molecule has 0 aromatic heterocycles. The number of carbonyl (C=O) groups is 1. The first-order valence-electron chi connectivity index (χ1n) is 9.22. The van der Waals surface area contributed by atoms with E-state index in [2.05, 4.69) is 6.92 Å². The number of unbranched alkanes of at least 4 members (excludes halogenated alkanes) is 7. The molecule has 0 aliphatic carbocycles. The number of aliphatic carboxylic acids is 1. The molecular formula is C18H36O5. The van der Waals surface area contributed by atoms with E-state index >= 15 is 0 Å². The Kier molecular flexibility index (Phi) is 13.4. The molecule has 0 fully saturated rings. The summed E-state index contributed by atoms with van der Waals surface area (Å²) in [5.41, 5.74) is 0. The van der Waals surface area contributed by atoms with E-state index in [0.29, 0.717) is 12.8 Å². The topological polar surface area (TPSA) is 98.0 Å². The van der Waals surface area contributed by atoms with Crippen molar-refractivity contribution in [1.82, 2.24) is 0 Å². The predicted molar refractivity (Wildman–Crippen MR) is 91.1 cm³/mol. The quantitative estimate of drug-likeness (QED) is 0.256. The van der Waals surface area contributed by atoms with E-state index in [1.165, 1.54) is 0 Å². The van der Waals surface area contributed by atoms with Crippen molar-refractivity contribution in [2.45, 2.75) is 109 Å². The first-order valence-corrected chi connectivity index (χ1v) is 9.22. The van der Waals surface area contributed by atoms with E-state index < -0.39 is 17.9 Å². The molecule has 0 aromatic carbocycles. The van der Waals surface area contributed by atoms with Crippen LogP contribution in [0.1, 0.15) is 96.8 Å². The second-order valence-corrected chi connectivity index (χ2v) is 6.69. The zero-order chi connectivity index (χ0) is 17.6. The molecule has 23 heavy (non-hydrogen) atoms. The van der Waals surface area contributed by atoms with Crippen molar-refractivity contribution in [2.24, 2.45) is 0 Å². The van der Waals surface area contributed by atoms with E-state index in [4.69, 9.17) is 5.11 Å². The van der Waals surface area contributed by atoms with Crippen LogP contribution in [0, 0.1) is 0 Å². The van der Waals surface area contributed by atoms with Crippen LogP contribution in [-0.4, -0.2) is 38.3 Å². The fraction of sp³-hybridized carbons (Fsp3) is 0.944. The molecule has 0 aliphatic rings. The molecule has 1 unspecified atom stereocenters. The van der Waals surface area contributed by atoms with Gasteiger partial charge in [0.2, 0.25) is 0 Å². The van der Waals surface area contributed by atoms with Gasteiger partial charge >= 0.3 is 5.97 Å². The summed E-state index contributed by atoms with van der Waals surface area (Å²) in [5, 5.41) is 38.2. The third-order valence-electron chi connectivity index (χ3n) is 4.24. The van der Waals surface area contributed by atoms with Crippen LogP contribution in [0.25, 0.3) is 0 Å². The van der Waals surface area contributed by atoms with Crippen molar-refractivity contribution in [1.29, 1.82) is 0 Å². The molecule has 0 amide bonds. The largest absolute Gasteiger partial charge is 0.481 e. The van der Waals surface area contributed by atoms with Gasteiger partial charge < -0.3 is 20.4 Å². The van der Waals surface area contributed by atoms with Crippen LogP contribution < -0.4 is 0 Å². The summed E-state index contributed by atoms with van der Waals surface area (Å²) in [6.07, 6.45) is 10.0. The summed E-state index contributed by atoms with van der Waals surface area (Å²) >= 11 is 0. The standard InChI is InChI=1S/C18H36O5/c1-2-3-8-11-16(19)13-15-18(22,23)14-10-7-5-4-6-9-12-17(20)21/h16,19,22-23H,2-15H2,1H3,(H,20,21). The lowest BCUT2D eigenvalue weighted by molar-refractivity contribution is -0.175. The Balaban J connectivity index is 3.54. The molecule has 0 bridgehead atoms. The van der Waals surface area contributed by atoms with Crippen molar-refractivity contribution in [3.63, 3.8) is 0 Å². The van der Waals surface area contributed by atoms with Crippen LogP contribution in [0.2, 0.25) is 0 Å². The summed E-state index contributed by atoms with van der Waals surface area (Å²) in [5.74, 6) is -2.41. The van der Waals surface area contributed by atoms with Crippen molar-refractivity contribution >= 4 is 5.97 Å². The highest BCUT2D eigenvalue weighted by molar-refractivity contribution is 5.66. The van der Waals surface area contributed by atoms with Crippen LogP contribution in [0.15, 0.2) is 0 Å². The zero-order valence-electron chi connectivity index (χ0n) is 14.7. The minimum absolute atomic E-state index is 0.221. The van der Waals surface area contributed by atoms with Crippen molar-refractivity contribution in [2.75, 3.05) is 0 Å². The van der Waals surface area contributed by atoms with E-state index in [9.17, 15) is 20.1 Å². The summed E-state index contributed by atoms with van der Waals surface area (Å²) in [7, 11) is 0. The number of rotatable bonds is 16.